The minimum absolute atomic E-state index is 0.0891. The largest absolute Gasteiger partial charge is 0.507 e. The molecule has 3 atom stereocenters. The van der Waals surface area contributed by atoms with E-state index in [1.54, 1.807) is 67.4 Å². The number of ketones is 1. The number of Topliss-reactive ketones (excluding diaryl/α,β-unsaturated/α-hetero) is 1. The maximum atomic E-state index is 14.2. The maximum Gasteiger partial charge on any atom is 0.342 e. The predicted molar refractivity (Wildman–Crippen MR) is 210 cm³/mol. The van der Waals surface area contributed by atoms with E-state index in [2.05, 4.69) is 20.4 Å². The smallest absolute Gasteiger partial charge is 0.342 e. The second kappa shape index (κ2) is 19.8. The number of amides is 1. The predicted octanol–water partition coefficient (Wildman–Crippen LogP) is 7.18. The van der Waals surface area contributed by atoms with Crippen molar-refractivity contribution in [2.75, 3.05) is 33.3 Å². The topological polar surface area (TPSA) is 192 Å². The molecule has 5 rings (SSSR count). The van der Waals surface area contributed by atoms with E-state index >= 15 is 0 Å². The van der Waals surface area contributed by atoms with E-state index in [0.717, 1.165) is 0 Å². The number of cyclic esters (lactones) is 1. The molecule has 298 valence electrons. The van der Waals surface area contributed by atoms with Crippen LogP contribution in [0, 0.1) is 0 Å². The fraction of sp³-hybridized carbons (Fsp3) is 0.415. The standard InChI is InChI=1S/C41H48N4O10S/c1-24-12-11-15-27(46)14-8-6-7-13-25-20-31(47)36(37(49)35(25)41(50)54-24)28(26-21-32(51-2)38(53-4)33(22-26)52-3)23-34(48)43-30(17-19-56-5)40-44-39(45-55-40)29-16-9-10-18-42-29/h7,9-10,13,16,18,20-22,24,28,30,47,49H,6,8,11-12,14-15,17,19,23H2,1-5H3,(H,43,48). The number of fused-ring (bicyclic) bond motifs is 1. The van der Waals surface area contributed by atoms with Gasteiger partial charge in [0.2, 0.25) is 23.4 Å². The van der Waals surface area contributed by atoms with Crippen LogP contribution in [0.15, 0.2) is 53.2 Å². The minimum atomic E-state index is -1.07. The number of aromatic nitrogens is 3. The molecule has 4 aromatic rings. The number of hydrogen-bond donors (Lipinski definition) is 3. The van der Waals surface area contributed by atoms with Crippen LogP contribution in [-0.4, -0.2) is 82.4 Å². The first-order valence-electron chi connectivity index (χ1n) is 18.4. The molecule has 2 aromatic heterocycles. The SMILES string of the molecule is COc1cc(C(CC(=O)NC(CCSC)c2nc(-c3ccccn3)no2)c2c(O)cc3c(c2O)C(=O)OC(C)CCCC(=O)CCCC=C3)cc(OC)c1OC. The zero-order chi connectivity index (χ0) is 40.2. The normalized spacial score (nSPS) is 16.2. The third-order valence-electron chi connectivity index (χ3n) is 9.46. The molecule has 3 unspecified atom stereocenters. The van der Waals surface area contributed by atoms with Crippen molar-refractivity contribution >= 4 is 35.5 Å². The average Bonchev–Trinajstić information content (AvgIpc) is 3.68. The molecule has 0 radical (unpaired) electrons. The molecule has 0 bridgehead atoms. The Morgan fingerprint density at radius 2 is 1.80 bits per heavy atom. The molecule has 0 saturated heterocycles. The fourth-order valence-electron chi connectivity index (χ4n) is 6.62. The molecule has 3 N–H and O–H groups in total. The Labute approximate surface area is 330 Å². The average molecular weight is 789 g/mol. The number of phenolic OH excluding ortho intramolecular Hbond substituents is 2. The molecule has 1 amide bonds. The van der Waals surface area contributed by atoms with E-state index in [4.69, 9.17) is 23.5 Å². The van der Waals surface area contributed by atoms with Crippen molar-refractivity contribution in [1.82, 2.24) is 20.4 Å². The molecule has 3 heterocycles. The van der Waals surface area contributed by atoms with Crippen molar-refractivity contribution in [3.8, 4) is 40.3 Å². The van der Waals surface area contributed by atoms with Gasteiger partial charge in [0.25, 0.3) is 0 Å². The van der Waals surface area contributed by atoms with Gasteiger partial charge in [-0.05, 0) is 92.5 Å². The van der Waals surface area contributed by atoms with Crippen molar-refractivity contribution in [2.24, 2.45) is 0 Å². The number of allylic oxidation sites excluding steroid dienone is 1. The molecule has 0 fully saturated rings. The molecule has 0 spiro atoms. The Kier molecular flexibility index (Phi) is 14.7. The number of nitrogens with one attached hydrogen (secondary N) is 1. The van der Waals surface area contributed by atoms with Gasteiger partial charge in [-0.25, -0.2) is 4.79 Å². The number of nitrogens with zero attached hydrogens (tertiary/aromatic N) is 3. The summed E-state index contributed by atoms with van der Waals surface area (Å²) in [6.45, 7) is 1.72. The fourth-order valence-corrected chi connectivity index (χ4v) is 7.09. The Bertz CT molecular complexity index is 1990. The number of aromatic hydroxyl groups is 2. The highest BCUT2D eigenvalue weighted by Crippen LogP contribution is 2.48. The quantitative estimate of drug-likeness (QED) is 0.115. The summed E-state index contributed by atoms with van der Waals surface area (Å²) in [5.74, 6) is -1.22. The van der Waals surface area contributed by atoms with Gasteiger partial charge in [0.05, 0.1) is 27.4 Å². The lowest BCUT2D eigenvalue weighted by Crippen LogP contribution is -2.30. The van der Waals surface area contributed by atoms with Gasteiger partial charge in [0.1, 0.15) is 34.6 Å². The van der Waals surface area contributed by atoms with Gasteiger partial charge in [-0.3, -0.25) is 14.6 Å². The van der Waals surface area contributed by atoms with Crippen LogP contribution >= 0.6 is 11.8 Å². The third-order valence-corrected chi connectivity index (χ3v) is 10.1. The number of hydrogen-bond acceptors (Lipinski definition) is 14. The Morgan fingerprint density at radius 3 is 2.48 bits per heavy atom. The Balaban J connectivity index is 1.60. The highest BCUT2D eigenvalue weighted by atomic mass is 32.2. The molecular formula is C41H48N4O10S. The Hall–Kier alpha value is -5.57. The van der Waals surface area contributed by atoms with Crippen LogP contribution in [0.5, 0.6) is 28.7 Å². The van der Waals surface area contributed by atoms with Crippen molar-refractivity contribution in [3.63, 3.8) is 0 Å². The minimum Gasteiger partial charge on any atom is -0.507 e. The van der Waals surface area contributed by atoms with Crippen molar-refractivity contribution < 1.29 is 48.1 Å². The molecule has 15 heteroatoms. The van der Waals surface area contributed by atoms with Crippen LogP contribution in [0.25, 0.3) is 17.6 Å². The molecule has 14 nitrogen and oxygen atoms in total. The Morgan fingerprint density at radius 1 is 1.05 bits per heavy atom. The molecule has 56 heavy (non-hydrogen) atoms. The number of thioether (sulfide) groups is 1. The second-order valence-electron chi connectivity index (χ2n) is 13.4. The molecule has 0 aliphatic carbocycles. The number of benzene rings is 2. The van der Waals surface area contributed by atoms with Gasteiger partial charge in [0, 0.05) is 36.9 Å². The number of ether oxygens (including phenoxy) is 4. The van der Waals surface area contributed by atoms with Gasteiger partial charge in [-0.15, -0.1) is 0 Å². The van der Waals surface area contributed by atoms with Crippen LogP contribution in [0.4, 0.5) is 0 Å². The van der Waals surface area contributed by atoms with Gasteiger partial charge in [0.15, 0.2) is 11.5 Å². The van der Waals surface area contributed by atoms with Crippen LogP contribution in [0.2, 0.25) is 0 Å². The molecule has 1 aliphatic rings. The number of esters is 1. The highest BCUT2D eigenvalue weighted by molar-refractivity contribution is 7.98. The van der Waals surface area contributed by atoms with E-state index in [9.17, 15) is 24.6 Å². The van der Waals surface area contributed by atoms with Gasteiger partial charge in [-0.2, -0.15) is 16.7 Å². The summed E-state index contributed by atoms with van der Waals surface area (Å²) < 4.78 is 28.2. The van der Waals surface area contributed by atoms with Crippen molar-refractivity contribution in [1.29, 1.82) is 0 Å². The zero-order valence-electron chi connectivity index (χ0n) is 32.2. The molecule has 1 aliphatic heterocycles. The number of pyridine rings is 1. The first-order valence-corrected chi connectivity index (χ1v) is 19.8. The number of rotatable bonds is 13. The summed E-state index contributed by atoms with van der Waals surface area (Å²) >= 11 is 1.58. The summed E-state index contributed by atoms with van der Waals surface area (Å²) in [5.41, 5.74) is 0.867. The van der Waals surface area contributed by atoms with Crippen LogP contribution < -0.4 is 19.5 Å². The number of phenols is 2. The van der Waals surface area contributed by atoms with Gasteiger partial charge in [-0.1, -0.05) is 23.4 Å². The summed E-state index contributed by atoms with van der Waals surface area (Å²) in [5, 5.41) is 30.9. The lowest BCUT2D eigenvalue weighted by molar-refractivity contribution is -0.122. The van der Waals surface area contributed by atoms with E-state index in [-0.39, 0.29) is 57.9 Å². The van der Waals surface area contributed by atoms with E-state index in [0.29, 0.717) is 67.7 Å². The lowest BCUT2D eigenvalue weighted by Gasteiger charge is -2.25. The molecule has 0 saturated carbocycles. The zero-order valence-corrected chi connectivity index (χ0v) is 33.0. The first-order chi connectivity index (χ1) is 27.1. The lowest BCUT2D eigenvalue weighted by atomic mass is 9.84. The highest BCUT2D eigenvalue weighted by Gasteiger charge is 2.33. The van der Waals surface area contributed by atoms with Crippen LogP contribution in [-0.2, 0) is 14.3 Å². The monoisotopic (exact) mass is 788 g/mol. The summed E-state index contributed by atoms with van der Waals surface area (Å²) in [6.07, 6.45) is 9.47. The number of carbonyl (C=O) groups excluding carboxylic acids is 3. The van der Waals surface area contributed by atoms with Gasteiger partial charge < -0.3 is 39.0 Å². The van der Waals surface area contributed by atoms with Crippen molar-refractivity contribution in [2.45, 2.75) is 76.4 Å². The summed E-state index contributed by atoms with van der Waals surface area (Å²) in [6, 6.07) is 9.24. The number of methoxy groups -OCH3 is 3. The molecule has 2 aromatic carbocycles. The summed E-state index contributed by atoms with van der Waals surface area (Å²) in [7, 11) is 4.35. The summed E-state index contributed by atoms with van der Waals surface area (Å²) in [4.78, 5) is 49.2. The van der Waals surface area contributed by atoms with Crippen molar-refractivity contribution in [3.05, 3.63) is 76.8 Å². The first kappa shape index (κ1) is 41.6. The van der Waals surface area contributed by atoms with E-state index in [1.165, 1.54) is 27.4 Å². The van der Waals surface area contributed by atoms with Crippen LogP contribution in [0.1, 0.15) is 103 Å². The second-order valence-corrected chi connectivity index (χ2v) is 14.3. The maximum absolute atomic E-state index is 14.2. The van der Waals surface area contributed by atoms with E-state index < -0.39 is 35.7 Å². The van der Waals surface area contributed by atoms with Crippen LogP contribution in [0.3, 0.4) is 0 Å². The third kappa shape index (κ3) is 10.2. The van der Waals surface area contributed by atoms with Gasteiger partial charge >= 0.3 is 5.97 Å². The molecular weight excluding hydrogens is 741 g/mol. The number of carbonyl (C=O) groups is 3. The van der Waals surface area contributed by atoms with E-state index in [1.807, 2.05) is 6.26 Å².